The fraction of sp³-hybridized carbons (Fsp3) is 0.263. The Morgan fingerprint density at radius 2 is 1.92 bits per heavy atom. The molecule has 0 unspecified atom stereocenters. The highest BCUT2D eigenvalue weighted by Gasteiger charge is 2.11. The summed E-state index contributed by atoms with van der Waals surface area (Å²) in [6, 6.07) is 11.0. The van der Waals surface area contributed by atoms with Crippen LogP contribution >= 0.6 is 0 Å². The van der Waals surface area contributed by atoms with Crippen LogP contribution in [0.25, 0.3) is 5.65 Å². The normalized spacial score (nSPS) is 10.8. The molecule has 3 rings (SSSR count). The Balaban J connectivity index is 1.63. The Kier molecular flexibility index (Phi) is 4.79. The van der Waals surface area contributed by atoms with E-state index in [-0.39, 0.29) is 12.4 Å². The van der Waals surface area contributed by atoms with Gasteiger partial charge in [-0.15, -0.1) is 0 Å². The van der Waals surface area contributed by atoms with Crippen molar-refractivity contribution < 1.29 is 14.3 Å². The molecular formula is C19H20N2O3. The molecule has 0 atom stereocenters. The minimum Gasteiger partial charge on any atom is -0.494 e. The fourth-order valence-electron chi connectivity index (χ4n) is 2.43. The molecule has 3 aromatic rings. The average Bonchev–Trinajstić information content (AvgIpc) is 2.98. The van der Waals surface area contributed by atoms with E-state index >= 15 is 0 Å². The molecule has 0 amide bonds. The monoisotopic (exact) mass is 324 g/mol. The topological polar surface area (TPSA) is 52.8 Å². The molecule has 0 saturated heterocycles. The average molecular weight is 324 g/mol. The van der Waals surface area contributed by atoms with Gasteiger partial charge in [0, 0.05) is 12.4 Å². The lowest BCUT2D eigenvalue weighted by Gasteiger charge is -2.06. The number of aromatic nitrogens is 2. The third-order valence-corrected chi connectivity index (χ3v) is 3.58. The number of carbonyl (C=O) groups is 1. The van der Waals surface area contributed by atoms with Crippen molar-refractivity contribution >= 4 is 11.6 Å². The standard InChI is InChI=1S/C19H20N2O3/c1-3-11-23-16-6-8-17(9-7-16)24-18(22)12-15-13-21-10-4-5-14(2)19(21)20-15/h4-10,13H,3,11-12H2,1-2H3. The van der Waals surface area contributed by atoms with Gasteiger partial charge >= 0.3 is 5.97 Å². The van der Waals surface area contributed by atoms with Crippen molar-refractivity contribution in [2.24, 2.45) is 0 Å². The first-order valence-corrected chi connectivity index (χ1v) is 8.02. The first-order chi connectivity index (χ1) is 11.7. The zero-order valence-corrected chi connectivity index (χ0v) is 13.9. The maximum atomic E-state index is 12.1. The van der Waals surface area contributed by atoms with Gasteiger partial charge in [0.1, 0.15) is 17.1 Å². The predicted molar refractivity (Wildman–Crippen MR) is 91.5 cm³/mol. The van der Waals surface area contributed by atoms with Crippen molar-refractivity contribution in [3.63, 3.8) is 0 Å². The Morgan fingerprint density at radius 3 is 2.62 bits per heavy atom. The molecule has 1 aromatic carbocycles. The molecule has 0 saturated carbocycles. The second kappa shape index (κ2) is 7.17. The third kappa shape index (κ3) is 3.74. The minimum atomic E-state index is -0.335. The Bertz CT molecular complexity index is 837. The van der Waals surface area contributed by atoms with Crippen LogP contribution in [0.15, 0.2) is 48.8 Å². The summed E-state index contributed by atoms with van der Waals surface area (Å²) >= 11 is 0. The first-order valence-electron chi connectivity index (χ1n) is 8.02. The largest absolute Gasteiger partial charge is 0.494 e. The molecule has 0 radical (unpaired) electrons. The molecule has 24 heavy (non-hydrogen) atoms. The van der Waals surface area contributed by atoms with Gasteiger partial charge in [0.15, 0.2) is 0 Å². The minimum absolute atomic E-state index is 0.134. The number of imidazole rings is 1. The van der Waals surface area contributed by atoms with E-state index in [1.807, 2.05) is 35.9 Å². The number of carbonyl (C=O) groups excluding carboxylic acids is 1. The molecule has 2 heterocycles. The van der Waals surface area contributed by atoms with E-state index < -0.39 is 0 Å². The van der Waals surface area contributed by atoms with E-state index in [2.05, 4.69) is 11.9 Å². The number of pyridine rings is 1. The van der Waals surface area contributed by atoms with E-state index in [1.165, 1.54) is 0 Å². The van der Waals surface area contributed by atoms with Gasteiger partial charge < -0.3 is 13.9 Å². The molecule has 0 aliphatic rings. The summed E-state index contributed by atoms with van der Waals surface area (Å²) in [7, 11) is 0. The van der Waals surface area contributed by atoms with Crippen LogP contribution in [0, 0.1) is 6.92 Å². The van der Waals surface area contributed by atoms with Gasteiger partial charge in [-0.1, -0.05) is 13.0 Å². The SMILES string of the molecule is CCCOc1ccc(OC(=O)Cc2cn3cccc(C)c3n2)cc1. The smallest absolute Gasteiger partial charge is 0.317 e. The Labute approximate surface area is 140 Å². The molecule has 0 fully saturated rings. The lowest BCUT2D eigenvalue weighted by molar-refractivity contribution is -0.133. The van der Waals surface area contributed by atoms with E-state index in [0.29, 0.717) is 18.1 Å². The fourth-order valence-corrected chi connectivity index (χ4v) is 2.43. The van der Waals surface area contributed by atoms with E-state index in [9.17, 15) is 4.79 Å². The number of aryl methyl sites for hydroxylation is 1. The zero-order valence-electron chi connectivity index (χ0n) is 13.9. The van der Waals surface area contributed by atoms with E-state index in [1.54, 1.807) is 24.3 Å². The number of rotatable bonds is 6. The molecule has 124 valence electrons. The van der Waals surface area contributed by atoms with Crippen molar-refractivity contribution in [1.82, 2.24) is 9.38 Å². The van der Waals surface area contributed by atoms with Crippen LogP contribution < -0.4 is 9.47 Å². The molecule has 0 aliphatic heterocycles. The Morgan fingerprint density at radius 1 is 1.17 bits per heavy atom. The predicted octanol–water partition coefficient (Wildman–Crippen LogP) is 3.58. The lowest BCUT2D eigenvalue weighted by atomic mass is 10.3. The number of hydrogen-bond donors (Lipinski definition) is 0. The first kappa shape index (κ1) is 16.1. The zero-order chi connectivity index (χ0) is 16.9. The molecule has 0 spiro atoms. The van der Waals surface area contributed by atoms with Crippen molar-refractivity contribution in [3.05, 3.63) is 60.0 Å². The van der Waals surface area contributed by atoms with Crippen LogP contribution in [0.1, 0.15) is 24.6 Å². The number of hydrogen-bond acceptors (Lipinski definition) is 4. The van der Waals surface area contributed by atoms with Crippen LogP contribution in [0.2, 0.25) is 0 Å². The highest BCUT2D eigenvalue weighted by Crippen LogP contribution is 2.18. The van der Waals surface area contributed by atoms with Crippen LogP contribution in [0.3, 0.4) is 0 Å². The van der Waals surface area contributed by atoms with Gasteiger partial charge in [0.05, 0.1) is 18.7 Å². The molecule has 0 N–H and O–H groups in total. The van der Waals surface area contributed by atoms with E-state index in [0.717, 1.165) is 23.4 Å². The summed E-state index contributed by atoms with van der Waals surface area (Å²) in [6.07, 6.45) is 4.86. The van der Waals surface area contributed by atoms with Crippen molar-refractivity contribution in [2.45, 2.75) is 26.7 Å². The van der Waals surface area contributed by atoms with Gasteiger partial charge in [-0.25, -0.2) is 4.98 Å². The second-order valence-corrected chi connectivity index (χ2v) is 5.63. The quantitative estimate of drug-likeness (QED) is 0.514. The number of ether oxygens (including phenoxy) is 2. The van der Waals surface area contributed by atoms with Crippen molar-refractivity contribution in [2.75, 3.05) is 6.61 Å². The van der Waals surface area contributed by atoms with Gasteiger partial charge in [-0.05, 0) is 49.2 Å². The number of esters is 1. The van der Waals surface area contributed by atoms with Gasteiger partial charge in [-0.3, -0.25) is 4.79 Å². The maximum Gasteiger partial charge on any atom is 0.317 e. The second-order valence-electron chi connectivity index (χ2n) is 5.63. The third-order valence-electron chi connectivity index (χ3n) is 3.58. The molecule has 5 heteroatoms. The van der Waals surface area contributed by atoms with Gasteiger partial charge in [-0.2, -0.15) is 0 Å². The number of benzene rings is 1. The Hall–Kier alpha value is -2.82. The number of nitrogens with zero attached hydrogens (tertiary/aromatic N) is 2. The van der Waals surface area contributed by atoms with Gasteiger partial charge in [0.2, 0.25) is 0 Å². The summed E-state index contributed by atoms with van der Waals surface area (Å²) in [5.41, 5.74) is 2.62. The molecule has 5 nitrogen and oxygen atoms in total. The lowest BCUT2D eigenvalue weighted by Crippen LogP contribution is -2.11. The van der Waals surface area contributed by atoms with Crippen LogP contribution in [-0.4, -0.2) is 22.0 Å². The summed E-state index contributed by atoms with van der Waals surface area (Å²) in [4.78, 5) is 16.6. The summed E-state index contributed by atoms with van der Waals surface area (Å²) < 4.78 is 12.8. The summed E-state index contributed by atoms with van der Waals surface area (Å²) in [6.45, 7) is 4.72. The summed E-state index contributed by atoms with van der Waals surface area (Å²) in [5.74, 6) is 0.939. The van der Waals surface area contributed by atoms with Crippen LogP contribution in [0.5, 0.6) is 11.5 Å². The van der Waals surface area contributed by atoms with Gasteiger partial charge in [0.25, 0.3) is 0 Å². The van der Waals surface area contributed by atoms with Crippen molar-refractivity contribution in [1.29, 1.82) is 0 Å². The van der Waals surface area contributed by atoms with Crippen molar-refractivity contribution in [3.8, 4) is 11.5 Å². The molecule has 2 aromatic heterocycles. The molecule has 0 bridgehead atoms. The highest BCUT2D eigenvalue weighted by molar-refractivity contribution is 5.75. The van der Waals surface area contributed by atoms with Crippen LogP contribution in [0.4, 0.5) is 0 Å². The maximum absolute atomic E-state index is 12.1. The number of fused-ring (bicyclic) bond motifs is 1. The molecular weight excluding hydrogens is 304 g/mol. The van der Waals surface area contributed by atoms with E-state index in [4.69, 9.17) is 9.47 Å². The van der Waals surface area contributed by atoms with Crippen LogP contribution in [-0.2, 0) is 11.2 Å². The highest BCUT2D eigenvalue weighted by atomic mass is 16.5. The molecule has 0 aliphatic carbocycles. The summed E-state index contributed by atoms with van der Waals surface area (Å²) in [5, 5.41) is 0.